The van der Waals surface area contributed by atoms with Gasteiger partial charge in [0.1, 0.15) is 5.75 Å². The number of anilines is 1. The van der Waals surface area contributed by atoms with Gasteiger partial charge in [0.05, 0.1) is 18.6 Å². The first-order chi connectivity index (χ1) is 13.3. The van der Waals surface area contributed by atoms with E-state index in [0.717, 1.165) is 9.87 Å². The molecule has 0 heterocycles. The lowest BCUT2D eigenvalue weighted by Gasteiger charge is -2.14. The van der Waals surface area contributed by atoms with E-state index < -0.39 is 10.0 Å². The van der Waals surface area contributed by atoms with Crippen molar-refractivity contribution in [2.45, 2.75) is 24.3 Å². The van der Waals surface area contributed by atoms with E-state index in [1.807, 2.05) is 24.3 Å². The Balaban J connectivity index is 2.10. The van der Waals surface area contributed by atoms with Gasteiger partial charge in [-0.05, 0) is 47.9 Å². The number of nitrogens with zero attached hydrogens (tertiary/aromatic N) is 1. The van der Waals surface area contributed by atoms with Crippen molar-refractivity contribution in [2.75, 3.05) is 33.6 Å². The molecule has 0 saturated heterocycles. The molecule has 0 fully saturated rings. The highest BCUT2D eigenvalue weighted by molar-refractivity contribution is 7.89. The smallest absolute Gasteiger partial charge is 0.242 e. The quantitative estimate of drug-likeness (QED) is 0.692. The topological polar surface area (TPSA) is 84.9 Å². The number of ether oxygens (including phenoxy) is 2. The third kappa shape index (κ3) is 5.54. The van der Waals surface area contributed by atoms with E-state index in [1.165, 1.54) is 27.3 Å². The van der Waals surface area contributed by atoms with E-state index >= 15 is 0 Å². The van der Waals surface area contributed by atoms with Crippen LogP contribution in [0.15, 0.2) is 47.4 Å². The molecule has 7 nitrogen and oxygen atoms in total. The molecular formula is C20H26N2O5S. The highest BCUT2D eigenvalue weighted by Crippen LogP contribution is 2.25. The van der Waals surface area contributed by atoms with E-state index in [9.17, 15) is 13.2 Å². The predicted octanol–water partition coefficient (Wildman–Crippen LogP) is 2.66. The summed E-state index contributed by atoms with van der Waals surface area (Å²) >= 11 is 0. The number of carbonyl (C=O) groups is 1. The summed E-state index contributed by atoms with van der Waals surface area (Å²) in [6.45, 7) is 0.466. The van der Waals surface area contributed by atoms with Gasteiger partial charge >= 0.3 is 0 Å². The molecule has 28 heavy (non-hydrogen) atoms. The van der Waals surface area contributed by atoms with Crippen molar-refractivity contribution in [3.63, 3.8) is 0 Å². The van der Waals surface area contributed by atoms with Crippen molar-refractivity contribution in [1.82, 2.24) is 4.31 Å². The fraction of sp³-hybridized carbons (Fsp3) is 0.350. The molecule has 0 spiro atoms. The van der Waals surface area contributed by atoms with Crippen molar-refractivity contribution in [3.05, 3.63) is 53.6 Å². The molecule has 0 aliphatic rings. The number of benzene rings is 2. The summed E-state index contributed by atoms with van der Waals surface area (Å²) in [6, 6.07) is 12.1. The van der Waals surface area contributed by atoms with E-state index in [4.69, 9.17) is 9.47 Å². The highest BCUT2D eigenvalue weighted by Gasteiger charge is 2.19. The van der Waals surface area contributed by atoms with Gasteiger partial charge in [-0.1, -0.05) is 12.1 Å². The average Bonchev–Trinajstić information content (AvgIpc) is 2.66. The second-order valence-corrected chi connectivity index (χ2v) is 8.59. The number of sulfonamides is 1. The monoisotopic (exact) mass is 406 g/mol. The zero-order valence-corrected chi connectivity index (χ0v) is 17.4. The van der Waals surface area contributed by atoms with Gasteiger partial charge in [0.2, 0.25) is 15.9 Å². The van der Waals surface area contributed by atoms with Gasteiger partial charge in [0.15, 0.2) is 0 Å². The molecule has 0 aromatic heterocycles. The van der Waals surface area contributed by atoms with Crippen molar-refractivity contribution in [1.29, 1.82) is 0 Å². The van der Waals surface area contributed by atoms with E-state index in [1.54, 1.807) is 19.2 Å². The number of carbonyl (C=O) groups excluding carboxylic acids is 1. The molecule has 8 heteroatoms. The van der Waals surface area contributed by atoms with Gasteiger partial charge in [-0.25, -0.2) is 12.7 Å². The Kier molecular flexibility index (Phi) is 7.56. The molecule has 152 valence electrons. The van der Waals surface area contributed by atoms with Crippen LogP contribution in [0, 0.1) is 0 Å². The Morgan fingerprint density at radius 2 is 1.86 bits per heavy atom. The largest absolute Gasteiger partial charge is 0.496 e. The minimum Gasteiger partial charge on any atom is -0.496 e. The molecule has 0 aliphatic carbocycles. The van der Waals surface area contributed by atoms with Crippen LogP contribution in [0.3, 0.4) is 0 Å². The van der Waals surface area contributed by atoms with Crippen molar-refractivity contribution < 1.29 is 22.7 Å². The van der Waals surface area contributed by atoms with E-state index in [0.29, 0.717) is 30.0 Å². The van der Waals surface area contributed by atoms with Crippen LogP contribution in [-0.2, 0) is 32.6 Å². The van der Waals surface area contributed by atoms with Crippen molar-refractivity contribution in [2.24, 2.45) is 0 Å². The Bertz CT molecular complexity index is 926. The van der Waals surface area contributed by atoms with Crippen LogP contribution in [0.4, 0.5) is 5.69 Å². The van der Waals surface area contributed by atoms with Crippen LogP contribution in [0.25, 0.3) is 0 Å². The SMILES string of the molecule is COCc1cccc(NC(=O)CCc2cc(S(=O)(=O)N(C)C)ccc2OC)c1. The molecule has 0 radical (unpaired) electrons. The summed E-state index contributed by atoms with van der Waals surface area (Å²) in [5, 5.41) is 2.85. The lowest BCUT2D eigenvalue weighted by Crippen LogP contribution is -2.22. The fourth-order valence-electron chi connectivity index (χ4n) is 2.70. The van der Waals surface area contributed by atoms with Crippen LogP contribution in [-0.4, -0.2) is 46.9 Å². The van der Waals surface area contributed by atoms with Gasteiger partial charge in [-0.3, -0.25) is 4.79 Å². The molecule has 0 saturated carbocycles. The minimum absolute atomic E-state index is 0.168. The molecule has 0 unspecified atom stereocenters. The van der Waals surface area contributed by atoms with Gasteiger partial charge in [0.25, 0.3) is 0 Å². The van der Waals surface area contributed by atoms with Crippen LogP contribution in [0.5, 0.6) is 5.75 Å². The molecular weight excluding hydrogens is 380 g/mol. The minimum atomic E-state index is -3.56. The summed E-state index contributed by atoms with van der Waals surface area (Å²) in [7, 11) is 2.53. The third-order valence-corrected chi connectivity index (χ3v) is 5.98. The maximum atomic E-state index is 12.3. The predicted molar refractivity (Wildman–Crippen MR) is 108 cm³/mol. The number of methoxy groups -OCH3 is 2. The van der Waals surface area contributed by atoms with Gasteiger partial charge in [-0.15, -0.1) is 0 Å². The van der Waals surface area contributed by atoms with Gasteiger partial charge in [-0.2, -0.15) is 0 Å². The maximum absolute atomic E-state index is 12.3. The van der Waals surface area contributed by atoms with Crippen LogP contribution < -0.4 is 10.1 Å². The lowest BCUT2D eigenvalue weighted by molar-refractivity contribution is -0.116. The molecule has 0 bridgehead atoms. The van der Waals surface area contributed by atoms with E-state index in [2.05, 4.69) is 5.32 Å². The Hall–Kier alpha value is -2.42. The third-order valence-electron chi connectivity index (χ3n) is 4.17. The first-order valence-electron chi connectivity index (χ1n) is 8.75. The lowest BCUT2D eigenvalue weighted by atomic mass is 10.1. The Labute approximate surface area is 166 Å². The van der Waals surface area contributed by atoms with Crippen molar-refractivity contribution in [3.8, 4) is 5.75 Å². The Morgan fingerprint density at radius 1 is 1.11 bits per heavy atom. The molecule has 2 rings (SSSR count). The average molecular weight is 407 g/mol. The number of aryl methyl sites for hydroxylation is 1. The molecule has 1 amide bonds. The summed E-state index contributed by atoms with van der Waals surface area (Å²) in [4.78, 5) is 12.5. The number of nitrogens with one attached hydrogen (secondary N) is 1. The molecule has 2 aromatic carbocycles. The highest BCUT2D eigenvalue weighted by atomic mass is 32.2. The normalized spacial score (nSPS) is 11.5. The summed E-state index contributed by atoms with van der Waals surface area (Å²) < 4.78 is 36.2. The Morgan fingerprint density at radius 3 is 2.50 bits per heavy atom. The summed E-state index contributed by atoms with van der Waals surface area (Å²) in [6.07, 6.45) is 0.542. The maximum Gasteiger partial charge on any atom is 0.242 e. The van der Waals surface area contributed by atoms with Gasteiger partial charge in [0, 0.05) is 33.3 Å². The second-order valence-electron chi connectivity index (χ2n) is 6.44. The summed E-state index contributed by atoms with van der Waals surface area (Å²) in [5.41, 5.74) is 2.31. The molecule has 0 atom stereocenters. The number of hydrogen-bond acceptors (Lipinski definition) is 5. The summed E-state index contributed by atoms with van der Waals surface area (Å²) in [5.74, 6) is 0.380. The first-order valence-corrected chi connectivity index (χ1v) is 10.2. The fourth-order valence-corrected chi connectivity index (χ4v) is 3.65. The second kappa shape index (κ2) is 9.68. The molecule has 2 aromatic rings. The van der Waals surface area contributed by atoms with Crippen molar-refractivity contribution >= 4 is 21.6 Å². The van der Waals surface area contributed by atoms with Crippen LogP contribution >= 0.6 is 0 Å². The number of amides is 1. The van der Waals surface area contributed by atoms with Crippen LogP contribution in [0.1, 0.15) is 17.5 Å². The standard InChI is InChI=1S/C20H26N2O5S/c1-22(2)28(24,25)18-9-10-19(27-4)16(13-18)8-11-20(23)21-17-7-5-6-15(12-17)14-26-3/h5-7,9-10,12-13H,8,11,14H2,1-4H3,(H,21,23). The van der Waals surface area contributed by atoms with E-state index in [-0.39, 0.29) is 17.2 Å². The number of rotatable bonds is 9. The zero-order valence-electron chi connectivity index (χ0n) is 16.6. The zero-order chi connectivity index (χ0) is 20.7. The van der Waals surface area contributed by atoms with Gasteiger partial charge < -0.3 is 14.8 Å². The molecule has 1 N–H and O–H groups in total. The molecule has 0 aliphatic heterocycles. The number of hydrogen-bond donors (Lipinski definition) is 1. The van der Waals surface area contributed by atoms with Crippen LogP contribution in [0.2, 0.25) is 0 Å². The first kappa shape index (κ1) is 21.9.